The third-order valence-electron chi connectivity index (χ3n) is 2.07. The van der Waals surface area contributed by atoms with Gasteiger partial charge in [-0.3, -0.25) is 4.98 Å². The maximum absolute atomic E-state index is 12.2. The highest BCUT2D eigenvalue weighted by molar-refractivity contribution is 8.72. The molecule has 0 atom stereocenters. The van der Waals surface area contributed by atoms with Gasteiger partial charge in [0.1, 0.15) is 4.90 Å². The summed E-state index contributed by atoms with van der Waals surface area (Å²) in [7, 11) is -5.56. The first-order valence-electron chi connectivity index (χ1n) is 4.66. The fourth-order valence-electron chi connectivity index (χ4n) is 1.45. The van der Waals surface area contributed by atoms with E-state index in [1.54, 1.807) is 18.2 Å². The molecule has 0 saturated heterocycles. The first-order valence-corrected chi connectivity index (χ1v) is 7.47. The van der Waals surface area contributed by atoms with Gasteiger partial charge in [-0.2, -0.15) is 13.2 Å². The number of aromatic nitrogens is 1. The summed E-state index contributed by atoms with van der Waals surface area (Å²) in [5.74, 6) is 0. The molecule has 1 aromatic carbocycles. The van der Waals surface area contributed by atoms with E-state index < -0.39 is 30.1 Å². The zero-order valence-corrected chi connectivity index (χ0v) is 10.3. The maximum atomic E-state index is 12.2. The number of hydrogen-bond acceptors (Lipinski definition) is 4. The molecule has 0 spiro atoms. The average molecular weight is 293 g/mol. The van der Waals surface area contributed by atoms with Crippen molar-refractivity contribution in [3.05, 3.63) is 36.5 Å². The Morgan fingerprint density at radius 3 is 2.44 bits per heavy atom. The molecule has 0 bridgehead atoms. The van der Waals surface area contributed by atoms with Crippen molar-refractivity contribution >= 4 is 30.6 Å². The van der Waals surface area contributed by atoms with Gasteiger partial charge in [0, 0.05) is 11.6 Å². The Labute approximate surface area is 104 Å². The summed E-state index contributed by atoms with van der Waals surface area (Å²) in [6.45, 7) is 0. The van der Waals surface area contributed by atoms with Crippen LogP contribution in [0.1, 0.15) is 0 Å². The van der Waals surface area contributed by atoms with Crippen LogP contribution in [0.15, 0.2) is 41.4 Å². The number of nitrogens with zero attached hydrogens (tertiary/aromatic N) is 1. The summed E-state index contributed by atoms with van der Waals surface area (Å²) < 4.78 is 59.9. The zero-order chi connectivity index (χ0) is 13.4. The molecule has 0 fully saturated rings. The van der Waals surface area contributed by atoms with Crippen molar-refractivity contribution in [2.75, 3.05) is 0 Å². The number of hydrogen-bond donors (Lipinski definition) is 0. The second-order valence-electron chi connectivity index (χ2n) is 3.31. The molecule has 1 aromatic heterocycles. The Kier molecular flexibility index (Phi) is 3.24. The summed E-state index contributed by atoms with van der Waals surface area (Å²) in [5.41, 5.74) is -4.81. The van der Waals surface area contributed by atoms with Crippen molar-refractivity contribution in [1.82, 2.24) is 4.98 Å². The van der Waals surface area contributed by atoms with E-state index in [4.69, 9.17) is 0 Å². The van der Waals surface area contributed by atoms with E-state index in [1.807, 2.05) is 0 Å². The smallest absolute Gasteiger partial charge is 0.255 e. The van der Waals surface area contributed by atoms with Gasteiger partial charge in [0.05, 0.1) is 16.3 Å². The highest BCUT2D eigenvalue weighted by Crippen LogP contribution is 2.40. The van der Waals surface area contributed by atoms with Crippen LogP contribution >= 0.6 is 10.8 Å². The highest BCUT2D eigenvalue weighted by Gasteiger charge is 2.38. The Morgan fingerprint density at radius 1 is 1.11 bits per heavy atom. The van der Waals surface area contributed by atoms with Crippen LogP contribution < -0.4 is 0 Å². The molecular formula is C10H6F3NO2S2. The Hall–Kier alpha value is -1.28. The zero-order valence-electron chi connectivity index (χ0n) is 8.68. The molecule has 0 aliphatic carbocycles. The molecule has 0 aliphatic heterocycles. The van der Waals surface area contributed by atoms with Crippen molar-refractivity contribution in [1.29, 1.82) is 0 Å². The quantitative estimate of drug-likeness (QED) is 0.798. The van der Waals surface area contributed by atoms with Gasteiger partial charge in [-0.25, -0.2) is 8.42 Å². The highest BCUT2D eigenvalue weighted by atomic mass is 33.1. The predicted octanol–water partition coefficient (Wildman–Crippen LogP) is 3.18. The minimum Gasteiger partial charge on any atom is -0.255 e. The van der Waals surface area contributed by atoms with E-state index in [0.29, 0.717) is 5.39 Å². The van der Waals surface area contributed by atoms with Crippen LogP contribution in [0.25, 0.3) is 10.9 Å². The van der Waals surface area contributed by atoms with Gasteiger partial charge in [-0.1, -0.05) is 18.2 Å². The minimum absolute atomic E-state index is 0.0387. The van der Waals surface area contributed by atoms with Crippen LogP contribution in [0.5, 0.6) is 0 Å². The van der Waals surface area contributed by atoms with Crippen LogP contribution in [-0.4, -0.2) is 18.9 Å². The predicted molar refractivity (Wildman–Crippen MR) is 62.6 cm³/mol. The Bertz CT molecular complexity index is 678. The van der Waals surface area contributed by atoms with Crippen LogP contribution in [0.2, 0.25) is 0 Å². The number of rotatable bonds is 2. The van der Waals surface area contributed by atoms with Gasteiger partial charge in [0.25, 0.3) is 0 Å². The van der Waals surface area contributed by atoms with Crippen LogP contribution in [0.3, 0.4) is 0 Å². The molecular weight excluding hydrogens is 287 g/mol. The molecule has 2 rings (SSSR count). The summed E-state index contributed by atoms with van der Waals surface area (Å²) >= 11 is 0. The summed E-state index contributed by atoms with van der Waals surface area (Å²) in [6.07, 6.45) is 1.33. The average Bonchev–Trinajstić information content (AvgIpc) is 2.25. The molecule has 96 valence electrons. The molecule has 1 heterocycles. The minimum atomic E-state index is -4.85. The fourth-order valence-corrected chi connectivity index (χ4v) is 3.86. The monoisotopic (exact) mass is 293 g/mol. The van der Waals surface area contributed by atoms with E-state index in [2.05, 4.69) is 4.98 Å². The van der Waals surface area contributed by atoms with E-state index in [0.717, 1.165) is 6.07 Å². The van der Waals surface area contributed by atoms with Gasteiger partial charge in [-0.05, 0) is 12.1 Å². The third-order valence-corrected chi connectivity index (χ3v) is 5.11. The van der Waals surface area contributed by atoms with Crippen molar-refractivity contribution in [3.63, 3.8) is 0 Å². The van der Waals surface area contributed by atoms with E-state index in [-0.39, 0.29) is 5.52 Å². The topological polar surface area (TPSA) is 47.0 Å². The molecule has 8 heteroatoms. The summed E-state index contributed by atoms with van der Waals surface area (Å²) in [4.78, 5) is 3.39. The van der Waals surface area contributed by atoms with E-state index >= 15 is 0 Å². The molecule has 0 N–H and O–H groups in total. The second kappa shape index (κ2) is 4.43. The Balaban J connectivity index is 2.61. The lowest BCUT2D eigenvalue weighted by Gasteiger charge is -2.08. The van der Waals surface area contributed by atoms with E-state index in [1.165, 1.54) is 12.3 Å². The number of pyridine rings is 1. The van der Waals surface area contributed by atoms with Crippen LogP contribution in [0.4, 0.5) is 13.2 Å². The number of fused-ring (bicyclic) bond motifs is 1. The van der Waals surface area contributed by atoms with Gasteiger partial charge in [0.15, 0.2) is 0 Å². The molecule has 0 unspecified atom stereocenters. The van der Waals surface area contributed by atoms with Gasteiger partial charge in [-0.15, -0.1) is 0 Å². The molecule has 0 saturated carbocycles. The normalized spacial score (nSPS) is 12.8. The summed E-state index contributed by atoms with van der Waals surface area (Å²) in [5, 5.41) is 0.473. The SMILES string of the molecule is O=S(=O)(SC(F)(F)F)c1cccc2cccnc12. The molecule has 2 aromatic rings. The molecule has 3 nitrogen and oxygen atoms in total. The number of alkyl halides is 3. The van der Waals surface area contributed by atoms with Gasteiger partial charge < -0.3 is 0 Å². The molecule has 0 amide bonds. The first kappa shape index (κ1) is 13.2. The lowest BCUT2D eigenvalue weighted by atomic mass is 10.2. The number of benzene rings is 1. The lowest BCUT2D eigenvalue weighted by Crippen LogP contribution is -2.08. The standard InChI is InChI=1S/C10H6F3NO2S2/c11-10(12,13)17-18(15,16)8-5-1-3-7-4-2-6-14-9(7)8/h1-6H. The molecule has 0 radical (unpaired) electrons. The van der Waals surface area contributed by atoms with Crippen molar-refractivity contribution in [2.24, 2.45) is 0 Å². The molecule has 0 aliphatic rings. The van der Waals surface area contributed by atoms with Crippen molar-refractivity contribution in [3.8, 4) is 0 Å². The lowest BCUT2D eigenvalue weighted by molar-refractivity contribution is -0.0312. The summed E-state index contributed by atoms with van der Waals surface area (Å²) in [6, 6.07) is 7.24. The fraction of sp³-hybridized carbons (Fsp3) is 0.100. The van der Waals surface area contributed by atoms with E-state index in [9.17, 15) is 21.6 Å². The van der Waals surface area contributed by atoms with Crippen LogP contribution in [-0.2, 0) is 8.87 Å². The second-order valence-corrected chi connectivity index (χ2v) is 7.11. The maximum Gasteiger partial charge on any atom is 0.456 e. The Morgan fingerprint density at radius 2 is 1.78 bits per heavy atom. The third kappa shape index (κ3) is 2.75. The van der Waals surface area contributed by atoms with Gasteiger partial charge >= 0.3 is 5.51 Å². The largest absolute Gasteiger partial charge is 0.456 e. The van der Waals surface area contributed by atoms with Crippen molar-refractivity contribution in [2.45, 2.75) is 10.4 Å². The molecule has 18 heavy (non-hydrogen) atoms. The number of halogens is 3. The van der Waals surface area contributed by atoms with Crippen molar-refractivity contribution < 1.29 is 21.6 Å². The number of para-hydroxylation sites is 1. The first-order chi connectivity index (χ1) is 8.30. The van der Waals surface area contributed by atoms with Crippen LogP contribution in [0, 0.1) is 0 Å². The van der Waals surface area contributed by atoms with Gasteiger partial charge in [0.2, 0.25) is 8.87 Å².